The number of hydrogen-bond acceptors (Lipinski definition) is 7. The number of hydrogen-bond donors (Lipinski definition) is 1. The molecule has 1 unspecified atom stereocenters. The molecule has 118 valence electrons. The number of ether oxygens (including phenoxy) is 4. The van der Waals surface area contributed by atoms with Crippen molar-refractivity contribution in [2.45, 2.75) is 31.5 Å². The van der Waals surface area contributed by atoms with Crippen molar-refractivity contribution in [1.29, 1.82) is 0 Å². The van der Waals surface area contributed by atoms with E-state index in [2.05, 4.69) is 4.98 Å². The van der Waals surface area contributed by atoms with Gasteiger partial charge in [0.05, 0.1) is 6.61 Å². The van der Waals surface area contributed by atoms with Crippen molar-refractivity contribution in [3.63, 3.8) is 0 Å². The highest BCUT2D eigenvalue weighted by Crippen LogP contribution is 2.32. The van der Waals surface area contributed by atoms with Crippen molar-refractivity contribution in [3.05, 3.63) is 22.2 Å². The molecule has 2 heterocycles. The van der Waals surface area contributed by atoms with E-state index in [-0.39, 0.29) is 18.0 Å². The molecule has 0 amide bonds. The first kappa shape index (κ1) is 15.9. The van der Waals surface area contributed by atoms with Gasteiger partial charge in [-0.1, -0.05) is 0 Å². The predicted molar refractivity (Wildman–Crippen MR) is 75.0 cm³/mol. The number of aromatic nitrogens is 2. The van der Waals surface area contributed by atoms with Crippen LogP contribution in [0.3, 0.4) is 0 Å². The first-order chi connectivity index (χ1) is 10.0. The molecular weight excluding hydrogens is 278 g/mol. The van der Waals surface area contributed by atoms with E-state index in [1.165, 1.54) is 4.57 Å². The van der Waals surface area contributed by atoms with Crippen LogP contribution in [-0.2, 0) is 18.9 Å². The van der Waals surface area contributed by atoms with Crippen molar-refractivity contribution in [1.82, 2.24) is 9.55 Å². The van der Waals surface area contributed by atoms with Gasteiger partial charge in [0, 0.05) is 33.1 Å². The van der Waals surface area contributed by atoms with Crippen LogP contribution >= 0.6 is 0 Å². The molecule has 0 saturated carbocycles. The average Bonchev–Trinajstić information content (AvgIpc) is 2.80. The van der Waals surface area contributed by atoms with Crippen LogP contribution in [0.1, 0.15) is 11.8 Å². The lowest BCUT2D eigenvalue weighted by Gasteiger charge is -2.22. The maximum absolute atomic E-state index is 12.1. The van der Waals surface area contributed by atoms with Crippen LogP contribution in [0.2, 0.25) is 0 Å². The third-order valence-electron chi connectivity index (χ3n) is 3.61. The van der Waals surface area contributed by atoms with Crippen molar-refractivity contribution < 1.29 is 18.9 Å². The molecule has 0 radical (unpaired) electrons. The van der Waals surface area contributed by atoms with Crippen molar-refractivity contribution in [3.8, 4) is 0 Å². The smallest absolute Gasteiger partial charge is 0.351 e. The van der Waals surface area contributed by atoms with Gasteiger partial charge in [0.25, 0.3) is 0 Å². The zero-order chi connectivity index (χ0) is 15.6. The molecule has 1 aliphatic heterocycles. The lowest BCUT2D eigenvalue weighted by atomic mass is 10.1. The molecule has 2 N–H and O–H groups in total. The quantitative estimate of drug-likeness (QED) is 0.797. The first-order valence-electron chi connectivity index (χ1n) is 6.58. The summed E-state index contributed by atoms with van der Waals surface area (Å²) < 4.78 is 23.3. The minimum absolute atomic E-state index is 0.208. The van der Waals surface area contributed by atoms with Crippen LogP contribution < -0.4 is 11.4 Å². The number of anilines is 1. The summed E-state index contributed by atoms with van der Waals surface area (Å²) in [6.45, 7) is 2.11. The molecule has 1 aromatic heterocycles. The number of nitrogens with two attached hydrogens (primary N) is 1. The molecule has 1 fully saturated rings. The Balaban J connectivity index is 2.38. The van der Waals surface area contributed by atoms with Gasteiger partial charge in [-0.25, -0.2) is 4.79 Å². The summed E-state index contributed by atoms with van der Waals surface area (Å²) in [6.07, 6.45) is -0.148. The summed E-state index contributed by atoms with van der Waals surface area (Å²) in [5.41, 5.74) is 5.85. The second kappa shape index (κ2) is 6.52. The molecule has 1 aromatic rings. The van der Waals surface area contributed by atoms with Gasteiger partial charge >= 0.3 is 5.69 Å². The SMILES string of the molecule is COC[C@H]1O[C@@H](n2cc(C)c(N)nc2=O)[C@@H](OC)C1OC. The van der Waals surface area contributed by atoms with E-state index < -0.39 is 18.0 Å². The van der Waals surface area contributed by atoms with E-state index >= 15 is 0 Å². The maximum Gasteiger partial charge on any atom is 0.351 e. The summed E-state index contributed by atoms with van der Waals surface area (Å²) in [7, 11) is 4.69. The molecule has 1 saturated heterocycles. The second-order valence-corrected chi connectivity index (χ2v) is 4.92. The summed E-state index contributed by atoms with van der Waals surface area (Å²) in [5.74, 6) is 0.208. The van der Waals surface area contributed by atoms with Crippen molar-refractivity contribution in [2.24, 2.45) is 0 Å². The number of rotatable bonds is 5. The van der Waals surface area contributed by atoms with Crippen LogP contribution in [0.4, 0.5) is 5.82 Å². The van der Waals surface area contributed by atoms with Crippen molar-refractivity contribution >= 4 is 5.82 Å². The zero-order valence-corrected chi connectivity index (χ0v) is 12.6. The number of nitrogens with zero attached hydrogens (tertiary/aromatic N) is 2. The monoisotopic (exact) mass is 299 g/mol. The van der Waals surface area contributed by atoms with E-state index in [0.717, 1.165) is 0 Å². The number of nitrogen functional groups attached to an aromatic ring is 1. The first-order valence-corrected chi connectivity index (χ1v) is 6.58. The predicted octanol–water partition coefficient (Wildman–Crippen LogP) is -0.292. The molecule has 0 aromatic carbocycles. The highest BCUT2D eigenvalue weighted by Gasteiger charge is 2.46. The minimum Gasteiger partial charge on any atom is -0.383 e. The Kier molecular flexibility index (Phi) is 4.94. The molecule has 4 atom stereocenters. The Morgan fingerprint density at radius 3 is 2.57 bits per heavy atom. The average molecular weight is 299 g/mol. The van der Waals surface area contributed by atoms with Gasteiger partial charge in [0.1, 0.15) is 24.1 Å². The lowest BCUT2D eigenvalue weighted by molar-refractivity contribution is -0.0672. The standard InChI is InChI=1S/C13H21N3O5/c1-7-5-16(13(17)15-11(7)14)12-10(20-4)9(19-3)8(21-12)6-18-2/h5,8-10,12H,6H2,1-4H3,(H2,14,15,17)/t8-,9?,10+,12-/m1/s1. The highest BCUT2D eigenvalue weighted by atomic mass is 16.6. The van der Waals surface area contributed by atoms with Crippen LogP contribution in [0, 0.1) is 6.92 Å². The topological polar surface area (TPSA) is 97.8 Å². The van der Waals surface area contributed by atoms with Gasteiger partial charge in [0.2, 0.25) is 0 Å². The summed E-state index contributed by atoms with van der Waals surface area (Å²) in [5, 5.41) is 0. The molecule has 8 nitrogen and oxygen atoms in total. The van der Waals surface area contributed by atoms with E-state index in [9.17, 15) is 4.79 Å². The molecule has 0 spiro atoms. The summed E-state index contributed by atoms with van der Waals surface area (Å²) in [4.78, 5) is 15.9. The van der Waals surface area contributed by atoms with Gasteiger partial charge in [-0.2, -0.15) is 4.98 Å². The minimum atomic E-state index is -0.639. The van der Waals surface area contributed by atoms with Crippen LogP contribution in [0.15, 0.2) is 11.0 Å². The summed E-state index contributed by atoms with van der Waals surface area (Å²) in [6, 6.07) is 0. The number of methoxy groups -OCH3 is 3. The molecular formula is C13H21N3O5. The van der Waals surface area contributed by atoms with Gasteiger partial charge in [-0.05, 0) is 6.92 Å². The van der Waals surface area contributed by atoms with Crippen LogP contribution in [0.25, 0.3) is 0 Å². The molecule has 8 heteroatoms. The Hall–Kier alpha value is -1.48. The Bertz CT molecular complexity index is 547. The zero-order valence-electron chi connectivity index (χ0n) is 12.6. The fourth-order valence-electron chi connectivity index (χ4n) is 2.53. The molecule has 1 aliphatic rings. The Labute approximate surface area is 122 Å². The van der Waals surface area contributed by atoms with Gasteiger partial charge in [-0.15, -0.1) is 0 Å². The molecule has 0 bridgehead atoms. The van der Waals surface area contributed by atoms with E-state index in [0.29, 0.717) is 12.2 Å². The van der Waals surface area contributed by atoms with Crippen LogP contribution in [0.5, 0.6) is 0 Å². The fourth-order valence-corrected chi connectivity index (χ4v) is 2.53. The maximum atomic E-state index is 12.1. The lowest BCUT2D eigenvalue weighted by Crippen LogP contribution is -2.39. The van der Waals surface area contributed by atoms with E-state index in [4.69, 9.17) is 24.7 Å². The molecule has 2 rings (SSSR count). The Morgan fingerprint density at radius 2 is 2.00 bits per heavy atom. The third kappa shape index (κ3) is 2.93. The second-order valence-electron chi connectivity index (χ2n) is 4.92. The molecule has 0 aliphatic carbocycles. The van der Waals surface area contributed by atoms with E-state index in [1.807, 2.05) is 0 Å². The normalized spacial score (nSPS) is 29.0. The number of aryl methyl sites for hydroxylation is 1. The van der Waals surface area contributed by atoms with Gasteiger partial charge in [-0.3, -0.25) is 4.57 Å². The molecule has 21 heavy (non-hydrogen) atoms. The largest absolute Gasteiger partial charge is 0.383 e. The van der Waals surface area contributed by atoms with E-state index in [1.54, 1.807) is 34.4 Å². The Morgan fingerprint density at radius 1 is 1.33 bits per heavy atom. The van der Waals surface area contributed by atoms with Gasteiger partial charge in [0.15, 0.2) is 6.23 Å². The van der Waals surface area contributed by atoms with Crippen LogP contribution in [-0.4, -0.2) is 55.8 Å². The third-order valence-corrected chi connectivity index (χ3v) is 3.61. The van der Waals surface area contributed by atoms with Crippen molar-refractivity contribution in [2.75, 3.05) is 33.7 Å². The fraction of sp³-hybridized carbons (Fsp3) is 0.692. The highest BCUT2D eigenvalue weighted by molar-refractivity contribution is 5.35. The summed E-state index contributed by atoms with van der Waals surface area (Å²) >= 11 is 0. The van der Waals surface area contributed by atoms with Gasteiger partial charge < -0.3 is 24.7 Å².